The molecule has 0 aliphatic carbocycles. The quantitative estimate of drug-likeness (QED) is 0.490. The number of benzene rings is 2. The summed E-state index contributed by atoms with van der Waals surface area (Å²) < 4.78 is 2.15. The SMILES string of the molecule is S=C1N[C@@H](c2ccccn2)[C@H](c2ccn(-c3ccccc3)c2)N1c1ccccc1. The molecule has 0 bridgehead atoms. The van der Waals surface area contributed by atoms with Gasteiger partial charge in [0, 0.05) is 30.0 Å². The summed E-state index contributed by atoms with van der Waals surface area (Å²) in [5.41, 5.74) is 4.36. The largest absolute Gasteiger partial charge is 0.351 e. The van der Waals surface area contributed by atoms with Crippen molar-refractivity contribution in [1.29, 1.82) is 0 Å². The third kappa shape index (κ3) is 3.30. The second kappa shape index (κ2) is 7.53. The number of aromatic nitrogens is 2. The van der Waals surface area contributed by atoms with Gasteiger partial charge in [-0.1, -0.05) is 42.5 Å². The smallest absolute Gasteiger partial charge is 0.174 e. The van der Waals surface area contributed by atoms with E-state index in [9.17, 15) is 0 Å². The molecule has 0 unspecified atom stereocenters. The van der Waals surface area contributed by atoms with E-state index in [-0.39, 0.29) is 12.1 Å². The molecule has 0 radical (unpaired) electrons. The predicted octanol–water partition coefficient (Wildman–Crippen LogP) is 5.05. The number of nitrogens with zero attached hydrogens (tertiary/aromatic N) is 3. The molecule has 0 spiro atoms. The summed E-state index contributed by atoms with van der Waals surface area (Å²) >= 11 is 5.76. The van der Waals surface area contributed by atoms with Gasteiger partial charge in [0.05, 0.1) is 17.8 Å². The molecule has 4 nitrogen and oxygen atoms in total. The lowest BCUT2D eigenvalue weighted by Crippen LogP contribution is -2.29. The van der Waals surface area contributed by atoms with Crippen LogP contribution in [0.3, 0.4) is 0 Å². The Morgan fingerprint density at radius 3 is 2.17 bits per heavy atom. The van der Waals surface area contributed by atoms with Crippen molar-refractivity contribution in [3.05, 3.63) is 115 Å². The second-order valence-corrected chi connectivity index (χ2v) is 7.41. The molecule has 1 aliphatic heterocycles. The van der Waals surface area contributed by atoms with Gasteiger partial charge in [-0.15, -0.1) is 0 Å². The molecule has 2 aromatic carbocycles. The van der Waals surface area contributed by atoms with E-state index in [1.807, 2.05) is 54.7 Å². The molecule has 1 saturated heterocycles. The van der Waals surface area contributed by atoms with Crippen LogP contribution < -0.4 is 10.2 Å². The number of hydrogen-bond acceptors (Lipinski definition) is 2. The van der Waals surface area contributed by atoms with Crippen LogP contribution >= 0.6 is 12.2 Å². The lowest BCUT2D eigenvalue weighted by molar-refractivity contribution is 0.568. The van der Waals surface area contributed by atoms with E-state index < -0.39 is 0 Å². The lowest BCUT2D eigenvalue weighted by atomic mass is 9.98. The van der Waals surface area contributed by atoms with Crippen LogP contribution in [0.25, 0.3) is 5.69 Å². The highest BCUT2D eigenvalue weighted by Gasteiger charge is 2.40. The fraction of sp³-hybridized carbons (Fsp3) is 0.0833. The first-order valence-electron chi connectivity index (χ1n) is 9.60. The maximum atomic E-state index is 5.76. The third-order valence-corrected chi connectivity index (χ3v) is 5.56. The Kier molecular flexibility index (Phi) is 4.58. The molecule has 1 aliphatic rings. The average molecular weight is 397 g/mol. The second-order valence-electron chi connectivity index (χ2n) is 7.02. The molecule has 3 heterocycles. The van der Waals surface area contributed by atoms with E-state index in [0.29, 0.717) is 5.11 Å². The van der Waals surface area contributed by atoms with Gasteiger partial charge in [0.2, 0.25) is 0 Å². The molecule has 2 atom stereocenters. The van der Waals surface area contributed by atoms with Crippen molar-refractivity contribution in [3.8, 4) is 5.69 Å². The van der Waals surface area contributed by atoms with Crippen LogP contribution in [0, 0.1) is 0 Å². The van der Waals surface area contributed by atoms with Crippen molar-refractivity contribution < 1.29 is 0 Å². The summed E-state index contributed by atoms with van der Waals surface area (Å²) in [4.78, 5) is 6.80. The minimum absolute atomic E-state index is 0.00441. The van der Waals surface area contributed by atoms with Crippen molar-refractivity contribution in [3.63, 3.8) is 0 Å². The fourth-order valence-electron chi connectivity index (χ4n) is 3.91. The van der Waals surface area contributed by atoms with Gasteiger partial charge in [-0.2, -0.15) is 0 Å². The van der Waals surface area contributed by atoms with E-state index in [1.165, 1.54) is 5.56 Å². The van der Waals surface area contributed by atoms with Gasteiger partial charge in [-0.3, -0.25) is 4.98 Å². The zero-order valence-corrected chi connectivity index (χ0v) is 16.5. The highest BCUT2D eigenvalue weighted by atomic mass is 32.1. The van der Waals surface area contributed by atoms with Crippen molar-refractivity contribution in [2.45, 2.75) is 12.1 Å². The van der Waals surface area contributed by atoms with Crippen LogP contribution in [0.15, 0.2) is 104 Å². The first-order valence-corrected chi connectivity index (χ1v) is 10.0. The molecule has 0 amide bonds. The molecular weight excluding hydrogens is 376 g/mol. The standard InChI is InChI=1S/C24H20N4S/c29-24-26-22(21-13-7-8-15-25-21)23(28(24)20-11-5-2-6-12-20)18-14-16-27(17-18)19-9-3-1-4-10-19/h1-17,22-23H,(H,26,29)/t22-,23-/m0/s1. The minimum Gasteiger partial charge on any atom is -0.351 e. The van der Waals surface area contributed by atoms with Gasteiger partial charge >= 0.3 is 0 Å². The van der Waals surface area contributed by atoms with Gasteiger partial charge in [0.25, 0.3) is 0 Å². The Balaban J connectivity index is 1.60. The summed E-state index contributed by atoms with van der Waals surface area (Å²) in [5.74, 6) is 0. The average Bonchev–Trinajstić information content (AvgIpc) is 3.40. The van der Waals surface area contributed by atoms with Crippen molar-refractivity contribution in [2.75, 3.05) is 4.90 Å². The first-order chi connectivity index (χ1) is 14.3. The van der Waals surface area contributed by atoms with Crippen LogP contribution in [0.4, 0.5) is 5.69 Å². The van der Waals surface area contributed by atoms with Gasteiger partial charge in [-0.05, 0) is 60.2 Å². The minimum atomic E-state index is -0.0319. The lowest BCUT2D eigenvalue weighted by Gasteiger charge is -2.27. The number of para-hydroxylation sites is 2. The number of thiocarbonyl (C=S) groups is 1. The summed E-state index contributed by atoms with van der Waals surface area (Å²) in [5, 5.41) is 4.21. The van der Waals surface area contributed by atoms with Gasteiger partial charge in [0.15, 0.2) is 5.11 Å². The fourth-order valence-corrected chi connectivity index (χ4v) is 4.26. The Morgan fingerprint density at radius 2 is 1.48 bits per heavy atom. The van der Waals surface area contributed by atoms with Crippen molar-refractivity contribution >= 4 is 23.0 Å². The molecule has 1 fully saturated rings. The maximum absolute atomic E-state index is 5.76. The number of rotatable bonds is 4. The molecule has 1 N–H and O–H groups in total. The van der Waals surface area contributed by atoms with Crippen LogP contribution in [-0.2, 0) is 0 Å². The van der Waals surface area contributed by atoms with Crippen molar-refractivity contribution in [2.24, 2.45) is 0 Å². The van der Waals surface area contributed by atoms with E-state index in [1.54, 1.807) is 0 Å². The Morgan fingerprint density at radius 1 is 0.793 bits per heavy atom. The molecule has 142 valence electrons. The highest BCUT2D eigenvalue weighted by Crippen LogP contribution is 2.41. The number of nitrogens with one attached hydrogen (secondary N) is 1. The molecule has 5 rings (SSSR count). The van der Waals surface area contributed by atoms with E-state index >= 15 is 0 Å². The third-order valence-electron chi connectivity index (χ3n) is 5.24. The van der Waals surface area contributed by atoms with Crippen molar-refractivity contribution in [1.82, 2.24) is 14.9 Å². The summed E-state index contributed by atoms with van der Waals surface area (Å²) in [7, 11) is 0. The normalized spacial score (nSPS) is 18.6. The molecule has 5 heteroatoms. The molecular formula is C24H20N4S. The molecule has 2 aromatic heterocycles. The topological polar surface area (TPSA) is 33.1 Å². The van der Waals surface area contributed by atoms with E-state index in [0.717, 1.165) is 17.1 Å². The molecule has 4 aromatic rings. The number of hydrogen-bond donors (Lipinski definition) is 1. The van der Waals surface area contributed by atoms with Gasteiger partial charge in [-0.25, -0.2) is 0 Å². The van der Waals surface area contributed by atoms with Crippen LogP contribution in [0.2, 0.25) is 0 Å². The summed E-state index contributed by atoms with van der Waals surface area (Å²) in [6.45, 7) is 0. The number of anilines is 1. The zero-order valence-electron chi connectivity index (χ0n) is 15.7. The summed E-state index contributed by atoms with van der Waals surface area (Å²) in [6.07, 6.45) is 6.11. The maximum Gasteiger partial charge on any atom is 0.174 e. The van der Waals surface area contributed by atoms with Crippen LogP contribution in [-0.4, -0.2) is 14.7 Å². The van der Waals surface area contributed by atoms with Gasteiger partial charge in [0.1, 0.15) is 0 Å². The zero-order chi connectivity index (χ0) is 19.6. The Labute approximate surface area is 175 Å². The number of pyridine rings is 1. The predicted molar refractivity (Wildman–Crippen MR) is 120 cm³/mol. The molecule has 29 heavy (non-hydrogen) atoms. The Hall–Kier alpha value is -3.44. The van der Waals surface area contributed by atoms with Gasteiger partial charge < -0.3 is 14.8 Å². The van der Waals surface area contributed by atoms with Crippen LogP contribution in [0.5, 0.6) is 0 Å². The van der Waals surface area contributed by atoms with E-state index in [2.05, 4.69) is 68.6 Å². The molecule has 0 saturated carbocycles. The Bertz CT molecular complexity index is 1110. The first kappa shape index (κ1) is 17.6. The summed E-state index contributed by atoms with van der Waals surface area (Å²) in [6, 6.07) is 28.8. The van der Waals surface area contributed by atoms with Crippen LogP contribution in [0.1, 0.15) is 23.3 Å². The van der Waals surface area contributed by atoms with E-state index in [4.69, 9.17) is 12.2 Å². The monoisotopic (exact) mass is 396 g/mol. The highest BCUT2D eigenvalue weighted by molar-refractivity contribution is 7.80.